The summed E-state index contributed by atoms with van der Waals surface area (Å²) in [6.07, 6.45) is 17.5. The number of aromatic amines is 2. The van der Waals surface area contributed by atoms with Crippen molar-refractivity contribution in [3.63, 3.8) is 0 Å². The van der Waals surface area contributed by atoms with Gasteiger partial charge in [0.05, 0.1) is 6.54 Å². The number of hydrogen-bond acceptors (Lipinski definition) is 16. The molecular weight excluding hydrogens is 1570 g/mol. The number of fused-ring (bicyclic) bond motifs is 4. The zero-order valence-corrected chi connectivity index (χ0v) is 69.8. The molecule has 1 unspecified atom stereocenters. The van der Waals surface area contributed by atoms with Crippen LogP contribution >= 0.6 is 0 Å². The molecule has 3 aromatic carbocycles. The molecule has 0 bridgehead atoms. The number of guanidine groups is 2. The molecule has 6 fully saturated rings. The lowest BCUT2D eigenvalue weighted by Gasteiger charge is -2.32. The van der Waals surface area contributed by atoms with Crippen molar-refractivity contribution in [2.75, 3.05) is 45.8 Å². The first-order valence-corrected chi connectivity index (χ1v) is 43.1. The number of hydrogen-bond donors (Lipinski definition) is 18. The summed E-state index contributed by atoms with van der Waals surface area (Å²) in [6, 6.07) is 12.3. The van der Waals surface area contributed by atoms with Gasteiger partial charge in [-0.1, -0.05) is 131 Å². The van der Waals surface area contributed by atoms with E-state index in [1.54, 1.807) is 42.7 Å². The van der Waals surface area contributed by atoms with Gasteiger partial charge in [0.15, 0.2) is 11.9 Å². The van der Waals surface area contributed by atoms with Crippen molar-refractivity contribution in [3.8, 4) is 0 Å². The van der Waals surface area contributed by atoms with Crippen LogP contribution in [0.5, 0.6) is 0 Å². The van der Waals surface area contributed by atoms with E-state index in [4.69, 9.17) is 22.9 Å². The van der Waals surface area contributed by atoms with Crippen molar-refractivity contribution < 1.29 is 67.1 Å². The fourth-order valence-corrected chi connectivity index (χ4v) is 17.3. The van der Waals surface area contributed by atoms with Gasteiger partial charge in [-0.15, -0.1) is 0 Å². The molecule has 14 amide bonds. The van der Waals surface area contributed by atoms with Gasteiger partial charge in [0.25, 0.3) is 0 Å². The number of nitrogens with two attached hydrogens (primary N) is 4. The Morgan fingerprint density at radius 1 is 0.443 bits per heavy atom. The second kappa shape index (κ2) is 46.0. The smallest absolute Gasteiger partial charge is 0.247 e. The number of aromatic nitrogens is 2. The number of nitrogens with zero attached hydrogens (tertiary/aromatic N) is 4. The number of rotatable bonds is 23. The molecule has 11 rings (SSSR count). The predicted molar refractivity (Wildman–Crippen MR) is 457 cm³/mol. The third-order valence-corrected chi connectivity index (χ3v) is 23.6. The molecule has 2 aliphatic carbocycles. The predicted octanol–water partition coefficient (Wildman–Crippen LogP) is 1.16. The van der Waals surface area contributed by atoms with Gasteiger partial charge in [-0.05, 0) is 131 Å². The Morgan fingerprint density at radius 3 is 1.29 bits per heavy atom. The summed E-state index contributed by atoms with van der Waals surface area (Å²) in [4.78, 5) is 211. The highest BCUT2D eigenvalue weighted by Gasteiger charge is 2.44. The molecule has 660 valence electrons. The Bertz CT molecular complexity index is 4530. The molecule has 22 N–H and O–H groups in total. The summed E-state index contributed by atoms with van der Waals surface area (Å²) in [5, 5.41) is 35.7. The summed E-state index contributed by atoms with van der Waals surface area (Å²) in [5.74, 6) is -7.22. The van der Waals surface area contributed by atoms with E-state index >= 15 is 0 Å². The molecule has 0 radical (unpaired) electrons. The van der Waals surface area contributed by atoms with Gasteiger partial charge in [0.2, 0.25) is 82.7 Å². The Labute approximate surface area is 709 Å². The molecule has 2 saturated carbocycles. The molecule has 4 saturated heterocycles. The Hall–Kier alpha value is -12.1. The first-order chi connectivity index (χ1) is 58.8. The van der Waals surface area contributed by atoms with Crippen LogP contribution in [-0.4, -0.2) is 221 Å². The van der Waals surface area contributed by atoms with Gasteiger partial charge in [-0.25, -0.2) is 0 Å². The summed E-state index contributed by atoms with van der Waals surface area (Å²) < 4.78 is 0. The van der Waals surface area contributed by atoms with Crippen molar-refractivity contribution in [1.82, 2.24) is 83.6 Å². The van der Waals surface area contributed by atoms with Crippen LogP contribution in [-0.2, 0) is 80.0 Å². The lowest BCUT2D eigenvalue weighted by molar-refractivity contribution is -0.143. The van der Waals surface area contributed by atoms with Gasteiger partial charge < -0.3 is 107 Å². The van der Waals surface area contributed by atoms with Crippen LogP contribution in [0.1, 0.15) is 191 Å². The van der Waals surface area contributed by atoms with Crippen LogP contribution in [0.2, 0.25) is 0 Å². The van der Waals surface area contributed by atoms with E-state index < -0.39 is 149 Å². The number of benzene rings is 3. The first-order valence-electron chi connectivity index (χ1n) is 43.1. The number of para-hydroxylation sites is 2. The molecule has 36 nitrogen and oxygen atoms in total. The molecule has 2 aromatic heterocycles. The maximum absolute atomic E-state index is 14.6. The molecule has 122 heavy (non-hydrogen) atoms. The van der Waals surface area contributed by atoms with Gasteiger partial charge in [0, 0.05) is 100 Å². The number of carbonyl (C=O) groups is 14. The third kappa shape index (κ3) is 27.2. The SMILES string of the molecule is CC(=O)NCC(=O)NC1CCCNC(=O)[C@H](CCCN=C(N)N)NC(=O)[C@H](Cc2c[nH]c3ccccc23)NC(=O)[C@@H](CC2CCCCC2)NC(=O)[C@@H]2CCCN2C1=O.CC(=O)N[C@H](C(=O)N[C@H]1CCCNC(=O)[C@H](CCCN=C(N)N)NC(=O)[C@H](Cc2c[nH]c3ccccc23)NC(=O)[C@@H](CC2CCCCC2)NC(=O)[C@@H]2CCCN2C1=O)c1ccccc1. The molecule has 5 aromatic rings. The fourth-order valence-electron chi connectivity index (χ4n) is 17.3. The third-order valence-electron chi connectivity index (χ3n) is 23.6. The van der Waals surface area contributed by atoms with E-state index in [1.165, 1.54) is 23.6 Å². The Morgan fingerprint density at radius 2 is 0.852 bits per heavy atom. The van der Waals surface area contributed by atoms with Crippen molar-refractivity contribution in [2.24, 2.45) is 44.8 Å². The number of nitrogens with one attached hydrogen (secondary N) is 14. The van der Waals surface area contributed by atoms with Crippen LogP contribution < -0.4 is 86.7 Å². The fraction of sp³-hybridized carbons (Fsp3) is 0.558. The highest BCUT2D eigenvalue weighted by molar-refractivity contribution is 6.00. The summed E-state index contributed by atoms with van der Waals surface area (Å²) in [6.45, 7) is 3.28. The number of aliphatic imine (C=N–C) groups is 2. The molecule has 6 heterocycles. The summed E-state index contributed by atoms with van der Waals surface area (Å²) in [7, 11) is 0. The standard InChI is InChI=1S/C46H63N11O7.C40H59N11O7/c1-28(58)52-39(30-15-6-3-7-16-30)44(63)54-35-20-11-22-49-40(59)34(19-10-23-50-46(47)48)53-42(61)37(26-31-27-51-33-18-9-8-17-32(31)33)55-41(60)36(25-29-13-4-2-5-14-29)56-43(62)38-21-12-24-57(38)45(35)64;1-24(52)45-23-34(53)47-30-15-8-17-43-35(54)29(14-7-18-44-40(41)42)48-37(56)32(21-26-22-46-28-13-6-5-12-27(26)28)49-36(55)31(20-25-10-3-2-4-11-25)50-38(57)33-16-9-19-51(33)39(30)58/h3,6-9,15-18,27,29,34-39,51H,2,4-5,10-14,19-26H2,1H3,(H,49,59)(H,52,58)(H,53,61)(H,54,63)(H,55,60)(H,56,62)(H4,47,48,50);5-6,12-13,22,25,29-33,46H,2-4,7-11,14-21,23H2,1H3,(H,43,54)(H,45,52)(H,47,53)(H,48,56)(H,49,55)(H,50,57)(H4,41,42,44)/t34-,35-,36+,37-,38-,39-;29-,30?,31+,32-,33-/m00/s1. The molecule has 0 spiro atoms. The molecular formula is C86H122N22O14. The monoisotopic (exact) mass is 1690 g/mol. The normalized spacial score (nSPS) is 24.0. The molecule has 4 aliphatic heterocycles. The topological polar surface area (TPSA) is 550 Å². The van der Waals surface area contributed by atoms with E-state index in [0.29, 0.717) is 56.9 Å². The van der Waals surface area contributed by atoms with E-state index in [-0.39, 0.29) is 121 Å². The van der Waals surface area contributed by atoms with Gasteiger partial charge in [-0.3, -0.25) is 77.1 Å². The average Bonchev–Trinajstić information content (AvgIpc) is 1.65. The minimum absolute atomic E-state index is 0.0643. The van der Waals surface area contributed by atoms with Crippen molar-refractivity contribution in [1.29, 1.82) is 0 Å². The van der Waals surface area contributed by atoms with Crippen LogP contribution in [0.15, 0.2) is 101 Å². The lowest BCUT2D eigenvalue weighted by Crippen LogP contribution is -2.60. The highest BCUT2D eigenvalue weighted by Crippen LogP contribution is 2.32. The van der Waals surface area contributed by atoms with Crippen molar-refractivity contribution in [2.45, 2.75) is 247 Å². The minimum Gasteiger partial charge on any atom is -0.370 e. The van der Waals surface area contributed by atoms with Crippen molar-refractivity contribution >= 4 is 116 Å². The van der Waals surface area contributed by atoms with Gasteiger partial charge in [-0.2, -0.15) is 0 Å². The minimum atomic E-state index is -1.14. The zero-order chi connectivity index (χ0) is 87.2. The van der Waals surface area contributed by atoms with Crippen LogP contribution in [0, 0.1) is 11.8 Å². The number of carbonyl (C=O) groups excluding carboxylic acids is 14. The maximum atomic E-state index is 14.6. The van der Waals surface area contributed by atoms with E-state index in [9.17, 15) is 67.1 Å². The van der Waals surface area contributed by atoms with Gasteiger partial charge >= 0.3 is 0 Å². The number of H-pyrrole nitrogens is 2. The molecule has 11 atom stereocenters. The van der Waals surface area contributed by atoms with Crippen LogP contribution in [0.3, 0.4) is 0 Å². The van der Waals surface area contributed by atoms with Gasteiger partial charge in [0.1, 0.15) is 66.5 Å². The van der Waals surface area contributed by atoms with E-state index in [2.05, 4.69) is 83.8 Å². The van der Waals surface area contributed by atoms with Crippen molar-refractivity contribution in [3.05, 3.63) is 108 Å². The lowest BCUT2D eigenvalue weighted by atomic mass is 9.84. The highest BCUT2D eigenvalue weighted by atomic mass is 16.2. The zero-order valence-electron chi connectivity index (χ0n) is 69.8. The van der Waals surface area contributed by atoms with E-state index in [1.807, 2.05) is 48.5 Å². The summed E-state index contributed by atoms with van der Waals surface area (Å²) in [5.41, 5.74) is 25.9. The van der Waals surface area contributed by atoms with Crippen LogP contribution in [0.25, 0.3) is 21.8 Å². The quantitative estimate of drug-likeness (QED) is 0.0248. The summed E-state index contributed by atoms with van der Waals surface area (Å²) >= 11 is 0. The first kappa shape index (κ1) is 92.2. The second-order valence-electron chi connectivity index (χ2n) is 32.8. The number of amides is 14. The largest absolute Gasteiger partial charge is 0.370 e. The van der Waals surface area contributed by atoms with E-state index in [0.717, 1.165) is 97.1 Å². The Kier molecular flexibility index (Phi) is 34.8. The molecule has 36 heteroatoms. The molecule has 6 aliphatic rings. The second-order valence-corrected chi connectivity index (χ2v) is 32.8. The Balaban J connectivity index is 0.000000257. The van der Waals surface area contributed by atoms with Crippen LogP contribution in [0.4, 0.5) is 0 Å². The maximum Gasteiger partial charge on any atom is 0.247 e. The average molecular weight is 1690 g/mol.